The van der Waals surface area contributed by atoms with Gasteiger partial charge >= 0.3 is 0 Å². The molecule has 0 atom stereocenters. The van der Waals surface area contributed by atoms with Crippen molar-refractivity contribution in [2.24, 2.45) is 0 Å². The Labute approximate surface area is 115 Å². The fourth-order valence-electron chi connectivity index (χ4n) is 1.73. The lowest BCUT2D eigenvalue weighted by Crippen LogP contribution is -2.36. The van der Waals surface area contributed by atoms with Gasteiger partial charge in [0.2, 0.25) is 0 Å². The molecular formula is C13H24ClN3O. The molecule has 0 radical (unpaired) electrons. The standard InChI is InChI=1S/C13H24ClN3O/c1-13(2,3)15-7-5-6-12-11(14)10-16-17(12)8-9-18-4/h10,15H,5-9H2,1-4H3. The number of ether oxygens (including phenoxy) is 1. The van der Waals surface area contributed by atoms with Gasteiger partial charge in [0.05, 0.1) is 30.1 Å². The SMILES string of the molecule is COCCn1ncc(Cl)c1CCCNC(C)(C)C. The van der Waals surface area contributed by atoms with Crippen LogP contribution < -0.4 is 5.32 Å². The maximum absolute atomic E-state index is 6.15. The van der Waals surface area contributed by atoms with Crippen LogP contribution in [0.15, 0.2) is 6.20 Å². The zero-order chi connectivity index (χ0) is 13.6. The Kier molecular flexibility index (Phi) is 6.12. The lowest BCUT2D eigenvalue weighted by Gasteiger charge is -2.20. The van der Waals surface area contributed by atoms with Crippen LogP contribution in [0.25, 0.3) is 0 Å². The number of halogens is 1. The monoisotopic (exact) mass is 273 g/mol. The Balaban J connectivity index is 2.43. The maximum atomic E-state index is 6.15. The zero-order valence-electron chi connectivity index (χ0n) is 11.8. The highest BCUT2D eigenvalue weighted by Crippen LogP contribution is 2.16. The van der Waals surface area contributed by atoms with Crippen LogP contribution in [0.5, 0.6) is 0 Å². The van der Waals surface area contributed by atoms with Crippen molar-refractivity contribution in [2.75, 3.05) is 20.3 Å². The molecule has 0 aliphatic heterocycles. The van der Waals surface area contributed by atoms with E-state index in [1.807, 2.05) is 4.68 Å². The van der Waals surface area contributed by atoms with Crippen LogP contribution in [0.1, 0.15) is 32.9 Å². The van der Waals surface area contributed by atoms with Crippen molar-refractivity contribution < 1.29 is 4.74 Å². The predicted molar refractivity (Wildman–Crippen MR) is 75.2 cm³/mol. The van der Waals surface area contributed by atoms with E-state index in [9.17, 15) is 0 Å². The first-order chi connectivity index (χ1) is 8.44. The van der Waals surface area contributed by atoms with Crippen LogP contribution >= 0.6 is 11.6 Å². The Morgan fingerprint density at radius 1 is 1.44 bits per heavy atom. The summed E-state index contributed by atoms with van der Waals surface area (Å²) in [4.78, 5) is 0. The molecule has 0 amide bonds. The van der Waals surface area contributed by atoms with Crippen LogP contribution in [0.4, 0.5) is 0 Å². The molecule has 0 aromatic carbocycles. The predicted octanol–water partition coefficient (Wildman–Crippen LogP) is 2.50. The maximum Gasteiger partial charge on any atom is 0.0817 e. The van der Waals surface area contributed by atoms with Gasteiger partial charge in [0.25, 0.3) is 0 Å². The zero-order valence-corrected chi connectivity index (χ0v) is 12.5. The van der Waals surface area contributed by atoms with E-state index in [1.165, 1.54) is 0 Å². The smallest absolute Gasteiger partial charge is 0.0817 e. The first-order valence-electron chi connectivity index (χ1n) is 6.38. The molecule has 0 fully saturated rings. The molecular weight excluding hydrogens is 250 g/mol. The normalized spacial score (nSPS) is 12.1. The van der Waals surface area contributed by atoms with Crippen LogP contribution in [0, 0.1) is 0 Å². The van der Waals surface area contributed by atoms with Crippen LogP contribution in [-0.2, 0) is 17.7 Å². The van der Waals surface area contributed by atoms with Gasteiger partial charge in [-0.15, -0.1) is 0 Å². The number of nitrogens with zero attached hydrogens (tertiary/aromatic N) is 2. The van der Waals surface area contributed by atoms with Gasteiger partial charge in [-0.2, -0.15) is 5.10 Å². The van der Waals surface area contributed by atoms with E-state index < -0.39 is 0 Å². The third-order valence-electron chi connectivity index (χ3n) is 2.65. The van der Waals surface area contributed by atoms with E-state index >= 15 is 0 Å². The average Bonchev–Trinajstić information content (AvgIpc) is 2.62. The fraction of sp³-hybridized carbons (Fsp3) is 0.769. The highest BCUT2D eigenvalue weighted by Gasteiger charge is 2.10. The molecule has 1 N–H and O–H groups in total. The lowest BCUT2D eigenvalue weighted by molar-refractivity contribution is 0.182. The first-order valence-corrected chi connectivity index (χ1v) is 6.76. The van der Waals surface area contributed by atoms with Gasteiger partial charge in [-0.05, 0) is 40.2 Å². The van der Waals surface area contributed by atoms with E-state index in [0.29, 0.717) is 6.61 Å². The average molecular weight is 274 g/mol. The van der Waals surface area contributed by atoms with Gasteiger partial charge in [0, 0.05) is 12.6 Å². The molecule has 0 bridgehead atoms. The fourth-order valence-corrected chi connectivity index (χ4v) is 1.96. The second-order valence-corrected chi connectivity index (χ2v) is 5.84. The van der Waals surface area contributed by atoms with Gasteiger partial charge in [0.15, 0.2) is 0 Å². The van der Waals surface area contributed by atoms with E-state index in [2.05, 4.69) is 31.2 Å². The topological polar surface area (TPSA) is 39.1 Å². The number of hydrogen-bond acceptors (Lipinski definition) is 3. The molecule has 0 unspecified atom stereocenters. The van der Waals surface area contributed by atoms with E-state index in [-0.39, 0.29) is 5.54 Å². The third kappa shape index (κ3) is 5.38. The first kappa shape index (κ1) is 15.5. The molecule has 5 heteroatoms. The molecule has 0 spiro atoms. The summed E-state index contributed by atoms with van der Waals surface area (Å²) in [7, 11) is 1.69. The largest absolute Gasteiger partial charge is 0.383 e. The summed E-state index contributed by atoms with van der Waals surface area (Å²) in [5, 5.41) is 8.49. The molecule has 104 valence electrons. The Morgan fingerprint density at radius 2 is 2.17 bits per heavy atom. The minimum atomic E-state index is 0.167. The molecule has 18 heavy (non-hydrogen) atoms. The summed E-state index contributed by atoms with van der Waals surface area (Å²) in [5.41, 5.74) is 1.27. The van der Waals surface area contributed by atoms with Crippen LogP contribution in [-0.4, -0.2) is 35.6 Å². The van der Waals surface area contributed by atoms with Crippen molar-refractivity contribution >= 4 is 11.6 Å². The Bertz CT molecular complexity index is 358. The molecule has 0 saturated heterocycles. The quantitative estimate of drug-likeness (QED) is 0.776. The number of hydrogen-bond donors (Lipinski definition) is 1. The Hall–Kier alpha value is -0.580. The summed E-state index contributed by atoms with van der Waals surface area (Å²) in [6, 6.07) is 0. The number of nitrogens with one attached hydrogen (secondary N) is 1. The van der Waals surface area contributed by atoms with Crippen LogP contribution in [0.2, 0.25) is 5.02 Å². The summed E-state index contributed by atoms with van der Waals surface area (Å²) >= 11 is 6.15. The van der Waals surface area contributed by atoms with Gasteiger partial charge < -0.3 is 10.1 Å². The van der Waals surface area contributed by atoms with Gasteiger partial charge in [0.1, 0.15) is 0 Å². The van der Waals surface area contributed by atoms with E-state index in [1.54, 1.807) is 13.3 Å². The second-order valence-electron chi connectivity index (χ2n) is 5.44. The van der Waals surface area contributed by atoms with Gasteiger partial charge in [-0.1, -0.05) is 11.6 Å². The molecule has 0 aliphatic rings. The van der Waals surface area contributed by atoms with Crippen molar-refractivity contribution in [3.8, 4) is 0 Å². The van der Waals surface area contributed by atoms with Gasteiger partial charge in [-0.3, -0.25) is 4.68 Å². The molecule has 1 heterocycles. The molecule has 1 aromatic heterocycles. The van der Waals surface area contributed by atoms with Crippen molar-refractivity contribution in [3.05, 3.63) is 16.9 Å². The highest BCUT2D eigenvalue weighted by molar-refractivity contribution is 6.31. The summed E-state index contributed by atoms with van der Waals surface area (Å²) in [5.74, 6) is 0. The molecule has 0 aliphatic carbocycles. The summed E-state index contributed by atoms with van der Waals surface area (Å²) in [6.07, 6.45) is 3.70. The third-order valence-corrected chi connectivity index (χ3v) is 2.97. The molecule has 1 aromatic rings. The van der Waals surface area contributed by atoms with Crippen LogP contribution in [0.3, 0.4) is 0 Å². The lowest BCUT2D eigenvalue weighted by atomic mass is 10.1. The number of rotatable bonds is 7. The minimum Gasteiger partial charge on any atom is -0.383 e. The minimum absolute atomic E-state index is 0.167. The number of methoxy groups -OCH3 is 1. The summed E-state index contributed by atoms with van der Waals surface area (Å²) in [6.45, 7) is 8.90. The second kappa shape index (κ2) is 7.12. The molecule has 1 rings (SSSR count). The molecule has 4 nitrogen and oxygen atoms in total. The molecule has 0 saturated carbocycles. The van der Waals surface area contributed by atoms with Crippen molar-refractivity contribution in [1.29, 1.82) is 0 Å². The van der Waals surface area contributed by atoms with Crippen molar-refractivity contribution in [3.63, 3.8) is 0 Å². The van der Waals surface area contributed by atoms with E-state index in [0.717, 1.165) is 36.6 Å². The highest BCUT2D eigenvalue weighted by atomic mass is 35.5. The number of aromatic nitrogens is 2. The van der Waals surface area contributed by atoms with E-state index in [4.69, 9.17) is 16.3 Å². The van der Waals surface area contributed by atoms with Crippen molar-refractivity contribution in [1.82, 2.24) is 15.1 Å². The Morgan fingerprint density at radius 3 is 2.78 bits per heavy atom. The van der Waals surface area contributed by atoms with Gasteiger partial charge in [-0.25, -0.2) is 0 Å². The summed E-state index contributed by atoms with van der Waals surface area (Å²) < 4.78 is 7.00. The van der Waals surface area contributed by atoms with Crippen molar-refractivity contribution in [2.45, 2.75) is 45.7 Å².